The van der Waals surface area contributed by atoms with E-state index in [1.165, 1.54) is 0 Å². The highest BCUT2D eigenvalue weighted by Gasteiger charge is 2.15. The van der Waals surface area contributed by atoms with Crippen molar-refractivity contribution in [1.82, 2.24) is 14.5 Å². The van der Waals surface area contributed by atoms with Crippen LogP contribution in [0.15, 0.2) is 29.9 Å². The van der Waals surface area contributed by atoms with Crippen LogP contribution in [0.5, 0.6) is 0 Å². The number of rotatable bonds is 4. The van der Waals surface area contributed by atoms with Crippen LogP contribution >= 0.6 is 11.3 Å². The minimum absolute atomic E-state index is 0.0980. The molecule has 0 bridgehead atoms. The Morgan fingerprint density at radius 3 is 2.94 bits per heavy atom. The molecule has 2 heterocycles. The van der Waals surface area contributed by atoms with Crippen molar-refractivity contribution in [2.24, 2.45) is 0 Å². The molecule has 1 amide bonds. The fourth-order valence-corrected chi connectivity index (χ4v) is 2.35. The first-order chi connectivity index (χ1) is 8.59. The van der Waals surface area contributed by atoms with Crippen molar-refractivity contribution in [2.75, 3.05) is 7.05 Å². The highest BCUT2D eigenvalue weighted by atomic mass is 32.1. The number of imidazole rings is 1. The van der Waals surface area contributed by atoms with Crippen molar-refractivity contribution in [3.63, 3.8) is 0 Å². The molecule has 0 aliphatic rings. The number of likely N-dealkylation sites (N-methyl/N-ethyl adjacent to an activating group) is 1. The van der Waals surface area contributed by atoms with Crippen LogP contribution in [0.4, 0.5) is 0 Å². The summed E-state index contributed by atoms with van der Waals surface area (Å²) in [5.74, 6) is 0.955. The van der Waals surface area contributed by atoms with Crippen LogP contribution in [0, 0.1) is 0 Å². The van der Waals surface area contributed by atoms with Crippen LogP contribution in [0.25, 0.3) is 10.7 Å². The van der Waals surface area contributed by atoms with E-state index in [4.69, 9.17) is 0 Å². The third-order valence-corrected chi connectivity index (χ3v) is 3.80. The molecule has 4 nitrogen and oxygen atoms in total. The van der Waals surface area contributed by atoms with Gasteiger partial charge in [-0.1, -0.05) is 6.07 Å². The maximum atomic E-state index is 12.1. The van der Waals surface area contributed by atoms with Gasteiger partial charge in [-0.2, -0.15) is 0 Å². The summed E-state index contributed by atoms with van der Waals surface area (Å²) in [5, 5.41) is 2.01. The molecule has 2 aromatic rings. The summed E-state index contributed by atoms with van der Waals surface area (Å²) in [6.45, 7) is 4.35. The number of thiophene rings is 1. The summed E-state index contributed by atoms with van der Waals surface area (Å²) >= 11 is 1.63. The van der Waals surface area contributed by atoms with Gasteiger partial charge in [-0.3, -0.25) is 4.79 Å². The number of hydrogen-bond donors (Lipinski definition) is 0. The molecular formula is C13H17N3OS. The van der Waals surface area contributed by atoms with Gasteiger partial charge in [0.15, 0.2) is 0 Å². The predicted molar refractivity (Wildman–Crippen MR) is 73.4 cm³/mol. The van der Waals surface area contributed by atoms with Crippen LogP contribution < -0.4 is 0 Å². The van der Waals surface area contributed by atoms with Crippen molar-refractivity contribution in [3.05, 3.63) is 29.9 Å². The quantitative estimate of drug-likeness (QED) is 0.850. The van der Waals surface area contributed by atoms with Gasteiger partial charge in [0.25, 0.3) is 0 Å². The zero-order chi connectivity index (χ0) is 13.1. The van der Waals surface area contributed by atoms with Gasteiger partial charge >= 0.3 is 0 Å². The summed E-state index contributed by atoms with van der Waals surface area (Å²) < 4.78 is 1.90. The smallest absolute Gasteiger partial charge is 0.242 e. The Balaban J connectivity index is 2.16. The van der Waals surface area contributed by atoms with Gasteiger partial charge in [0.2, 0.25) is 5.91 Å². The SMILES string of the molecule is CC(C)N(C)C(=O)Cn1ccnc1-c1cccs1. The molecular weight excluding hydrogens is 246 g/mol. The second-order valence-electron chi connectivity index (χ2n) is 4.45. The number of carbonyl (C=O) groups excluding carboxylic acids is 1. The molecule has 0 unspecified atom stereocenters. The normalized spacial score (nSPS) is 10.9. The van der Waals surface area contributed by atoms with E-state index in [-0.39, 0.29) is 11.9 Å². The predicted octanol–water partition coefficient (Wildman–Crippen LogP) is 2.48. The Labute approximate surface area is 111 Å². The lowest BCUT2D eigenvalue weighted by Crippen LogP contribution is -2.35. The van der Waals surface area contributed by atoms with E-state index in [1.54, 1.807) is 22.4 Å². The summed E-state index contributed by atoms with van der Waals surface area (Å²) in [4.78, 5) is 19.2. The van der Waals surface area contributed by atoms with Gasteiger partial charge in [-0.15, -0.1) is 11.3 Å². The van der Waals surface area contributed by atoms with E-state index in [2.05, 4.69) is 4.98 Å². The van der Waals surface area contributed by atoms with Crippen LogP contribution in [0.3, 0.4) is 0 Å². The van der Waals surface area contributed by atoms with E-state index < -0.39 is 0 Å². The monoisotopic (exact) mass is 263 g/mol. The minimum atomic E-state index is 0.0980. The van der Waals surface area contributed by atoms with Crippen LogP contribution in [-0.4, -0.2) is 33.4 Å². The summed E-state index contributed by atoms with van der Waals surface area (Å²) in [7, 11) is 1.83. The van der Waals surface area contributed by atoms with E-state index in [9.17, 15) is 4.79 Å². The first-order valence-electron chi connectivity index (χ1n) is 5.90. The average molecular weight is 263 g/mol. The molecule has 5 heteroatoms. The fourth-order valence-electron chi connectivity index (χ4n) is 1.61. The number of amides is 1. The second-order valence-corrected chi connectivity index (χ2v) is 5.40. The average Bonchev–Trinajstić information content (AvgIpc) is 2.96. The minimum Gasteiger partial charge on any atom is -0.342 e. The second kappa shape index (κ2) is 5.35. The van der Waals surface area contributed by atoms with Gasteiger partial charge < -0.3 is 9.47 Å². The molecule has 0 aliphatic heterocycles. The summed E-state index contributed by atoms with van der Waals surface area (Å²) in [5.41, 5.74) is 0. The number of hydrogen-bond acceptors (Lipinski definition) is 3. The zero-order valence-corrected chi connectivity index (χ0v) is 11.6. The van der Waals surface area contributed by atoms with E-state index >= 15 is 0 Å². The maximum absolute atomic E-state index is 12.1. The Morgan fingerprint density at radius 1 is 1.56 bits per heavy atom. The highest BCUT2D eigenvalue weighted by molar-refractivity contribution is 7.13. The van der Waals surface area contributed by atoms with Crippen molar-refractivity contribution < 1.29 is 4.79 Å². The molecule has 0 N–H and O–H groups in total. The molecule has 96 valence electrons. The van der Waals surface area contributed by atoms with E-state index in [0.29, 0.717) is 6.54 Å². The lowest BCUT2D eigenvalue weighted by atomic mass is 10.3. The molecule has 2 rings (SSSR count). The third kappa shape index (κ3) is 2.61. The largest absolute Gasteiger partial charge is 0.342 e. The molecule has 2 aromatic heterocycles. The molecule has 0 aromatic carbocycles. The Kier molecular flexibility index (Phi) is 3.81. The number of nitrogens with zero attached hydrogens (tertiary/aromatic N) is 3. The van der Waals surface area contributed by atoms with E-state index in [1.807, 2.05) is 49.2 Å². The maximum Gasteiger partial charge on any atom is 0.242 e. The van der Waals surface area contributed by atoms with Crippen molar-refractivity contribution in [2.45, 2.75) is 26.4 Å². The Hall–Kier alpha value is -1.62. The summed E-state index contributed by atoms with van der Waals surface area (Å²) in [6.07, 6.45) is 3.58. The molecule has 0 fully saturated rings. The van der Waals surface area contributed by atoms with Crippen molar-refractivity contribution >= 4 is 17.2 Å². The van der Waals surface area contributed by atoms with Crippen molar-refractivity contribution in [1.29, 1.82) is 0 Å². The third-order valence-electron chi connectivity index (χ3n) is 2.93. The molecule has 0 aliphatic carbocycles. The number of carbonyl (C=O) groups is 1. The first kappa shape index (κ1) is 12.8. The first-order valence-corrected chi connectivity index (χ1v) is 6.78. The molecule has 18 heavy (non-hydrogen) atoms. The van der Waals surface area contributed by atoms with Gasteiger partial charge in [0.05, 0.1) is 4.88 Å². The standard InChI is InChI=1S/C13H17N3OS/c1-10(2)15(3)12(17)9-16-7-6-14-13(16)11-5-4-8-18-11/h4-8,10H,9H2,1-3H3. The van der Waals surface area contributed by atoms with Crippen molar-refractivity contribution in [3.8, 4) is 10.7 Å². The molecule has 0 saturated carbocycles. The Morgan fingerprint density at radius 2 is 2.33 bits per heavy atom. The molecule has 0 saturated heterocycles. The van der Waals surface area contributed by atoms with Crippen LogP contribution in [0.2, 0.25) is 0 Å². The van der Waals surface area contributed by atoms with Crippen LogP contribution in [-0.2, 0) is 11.3 Å². The van der Waals surface area contributed by atoms with Gasteiger partial charge in [-0.25, -0.2) is 4.98 Å². The lowest BCUT2D eigenvalue weighted by Gasteiger charge is -2.21. The fraction of sp³-hybridized carbons (Fsp3) is 0.385. The Bertz CT molecular complexity index is 516. The molecule has 0 atom stereocenters. The van der Waals surface area contributed by atoms with Gasteiger partial charge in [0.1, 0.15) is 12.4 Å². The molecule has 0 spiro atoms. The highest BCUT2D eigenvalue weighted by Crippen LogP contribution is 2.22. The van der Waals surface area contributed by atoms with Gasteiger partial charge in [0, 0.05) is 25.5 Å². The van der Waals surface area contributed by atoms with Crippen LogP contribution in [0.1, 0.15) is 13.8 Å². The lowest BCUT2D eigenvalue weighted by molar-refractivity contribution is -0.131. The summed E-state index contributed by atoms with van der Waals surface area (Å²) in [6, 6.07) is 4.22. The van der Waals surface area contributed by atoms with E-state index in [0.717, 1.165) is 10.7 Å². The topological polar surface area (TPSA) is 38.1 Å². The van der Waals surface area contributed by atoms with Gasteiger partial charge in [-0.05, 0) is 25.3 Å². The zero-order valence-electron chi connectivity index (χ0n) is 10.8. The molecule has 0 radical (unpaired) electrons. The number of aromatic nitrogens is 2.